The summed E-state index contributed by atoms with van der Waals surface area (Å²) < 4.78 is 27.5. The third-order valence-corrected chi connectivity index (χ3v) is 7.73. The molecule has 1 aliphatic rings. The van der Waals surface area contributed by atoms with Gasteiger partial charge in [0.2, 0.25) is 0 Å². The fourth-order valence-corrected chi connectivity index (χ4v) is 5.67. The topological polar surface area (TPSA) is 63.4 Å². The summed E-state index contributed by atoms with van der Waals surface area (Å²) in [4.78, 5) is 1.09. The Labute approximate surface area is 126 Å². The van der Waals surface area contributed by atoms with E-state index in [2.05, 4.69) is 20.8 Å². The molecule has 0 aliphatic carbocycles. The molecule has 0 radical (unpaired) electrons. The van der Waals surface area contributed by atoms with Gasteiger partial charge in [-0.25, -0.2) is 8.42 Å². The molecule has 2 N–H and O–H groups in total. The maximum atomic E-state index is 12.7. The van der Waals surface area contributed by atoms with Crippen molar-refractivity contribution in [1.29, 1.82) is 0 Å². The largest absolute Gasteiger partial charge is 0.328 e. The van der Waals surface area contributed by atoms with Crippen LogP contribution in [0.3, 0.4) is 0 Å². The lowest BCUT2D eigenvalue weighted by molar-refractivity contribution is 0.247. The first-order valence-electron chi connectivity index (χ1n) is 7.00. The van der Waals surface area contributed by atoms with Crippen LogP contribution in [0.2, 0.25) is 0 Å². The zero-order chi connectivity index (χ0) is 15.1. The molecule has 2 heterocycles. The van der Waals surface area contributed by atoms with Crippen LogP contribution in [0.25, 0.3) is 0 Å². The Morgan fingerprint density at radius 3 is 2.50 bits per heavy atom. The molecule has 1 aliphatic heterocycles. The van der Waals surface area contributed by atoms with Gasteiger partial charge in [0.1, 0.15) is 4.21 Å². The lowest BCUT2D eigenvalue weighted by atomic mass is 9.95. The Morgan fingerprint density at radius 1 is 1.35 bits per heavy atom. The van der Waals surface area contributed by atoms with Crippen LogP contribution in [0.1, 0.15) is 45.4 Å². The molecule has 1 aromatic heterocycles. The summed E-state index contributed by atoms with van der Waals surface area (Å²) in [6.07, 6.45) is 1.47. The number of nitrogens with two attached hydrogens (primary N) is 1. The van der Waals surface area contributed by atoms with Gasteiger partial charge in [0.05, 0.1) is 0 Å². The van der Waals surface area contributed by atoms with Crippen molar-refractivity contribution in [1.82, 2.24) is 4.31 Å². The van der Waals surface area contributed by atoms with E-state index in [-0.39, 0.29) is 17.5 Å². The summed E-state index contributed by atoms with van der Waals surface area (Å²) in [7, 11) is -3.38. The predicted molar refractivity (Wildman–Crippen MR) is 83.6 cm³/mol. The molecule has 0 aromatic carbocycles. The normalized spacial score (nSPS) is 25.9. The van der Waals surface area contributed by atoms with E-state index >= 15 is 0 Å². The Kier molecular flexibility index (Phi) is 4.31. The molecule has 4 nitrogen and oxygen atoms in total. The summed E-state index contributed by atoms with van der Waals surface area (Å²) in [5.74, 6) is 0. The highest BCUT2D eigenvalue weighted by atomic mass is 32.2. The first-order valence-corrected chi connectivity index (χ1v) is 9.26. The number of nitrogens with zero attached hydrogens (tertiary/aromatic N) is 1. The summed E-state index contributed by atoms with van der Waals surface area (Å²) in [6, 6.07) is 3.76. The van der Waals surface area contributed by atoms with Gasteiger partial charge in [-0.2, -0.15) is 4.31 Å². The SMILES string of the molecule is C[C@H]1C[C@H](N)CCN1S(=O)(=O)c1ccc(C(C)(C)C)s1. The van der Waals surface area contributed by atoms with E-state index in [1.807, 2.05) is 13.0 Å². The number of piperidine rings is 1. The van der Waals surface area contributed by atoms with E-state index in [0.29, 0.717) is 10.8 Å². The first kappa shape index (κ1) is 15.9. The molecular weight excluding hydrogens is 292 g/mol. The van der Waals surface area contributed by atoms with E-state index in [1.165, 1.54) is 11.3 Å². The summed E-state index contributed by atoms with van der Waals surface area (Å²) in [6.45, 7) is 8.75. The minimum Gasteiger partial charge on any atom is -0.328 e. The molecule has 0 saturated carbocycles. The lowest BCUT2D eigenvalue weighted by Crippen LogP contribution is -2.48. The fourth-order valence-electron chi connectivity index (χ4n) is 2.52. The van der Waals surface area contributed by atoms with Crippen LogP contribution in [-0.4, -0.2) is 31.4 Å². The van der Waals surface area contributed by atoms with Crippen LogP contribution in [-0.2, 0) is 15.4 Å². The molecule has 20 heavy (non-hydrogen) atoms. The minimum atomic E-state index is -3.38. The Bertz CT molecular complexity index is 572. The molecule has 0 spiro atoms. The van der Waals surface area contributed by atoms with Gasteiger partial charge in [-0.1, -0.05) is 20.8 Å². The third-order valence-electron chi connectivity index (χ3n) is 3.74. The van der Waals surface area contributed by atoms with Crippen molar-refractivity contribution in [2.45, 2.75) is 62.2 Å². The van der Waals surface area contributed by atoms with Gasteiger partial charge >= 0.3 is 0 Å². The van der Waals surface area contributed by atoms with E-state index in [9.17, 15) is 8.42 Å². The van der Waals surface area contributed by atoms with E-state index in [0.717, 1.165) is 17.7 Å². The van der Waals surface area contributed by atoms with Gasteiger partial charge in [0.25, 0.3) is 10.0 Å². The Balaban J connectivity index is 2.29. The minimum absolute atomic E-state index is 0.0195. The quantitative estimate of drug-likeness (QED) is 0.912. The van der Waals surface area contributed by atoms with Crippen LogP contribution in [0, 0.1) is 0 Å². The van der Waals surface area contributed by atoms with Crippen molar-refractivity contribution in [3.05, 3.63) is 17.0 Å². The maximum Gasteiger partial charge on any atom is 0.252 e. The van der Waals surface area contributed by atoms with Crippen LogP contribution in [0.15, 0.2) is 16.3 Å². The highest BCUT2D eigenvalue weighted by Gasteiger charge is 2.34. The number of rotatable bonds is 2. The molecule has 0 unspecified atom stereocenters. The zero-order valence-electron chi connectivity index (χ0n) is 12.6. The fraction of sp³-hybridized carbons (Fsp3) is 0.714. The second-order valence-corrected chi connectivity index (χ2v) is 9.82. The molecule has 6 heteroatoms. The lowest BCUT2D eigenvalue weighted by Gasteiger charge is -2.34. The highest BCUT2D eigenvalue weighted by molar-refractivity contribution is 7.91. The third kappa shape index (κ3) is 3.08. The van der Waals surface area contributed by atoms with Gasteiger partial charge < -0.3 is 5.73 Å². The molecule has 0 amide bonds. The van der Waals surface area contributed by atoms with Crippen LogP contribution >= 0.6 is 11.3 Å². The predicted octanol–water partition coefficient (Wildman–Crippen LogP) is 2.55. The van der Waals surface area contributed by atoms with Crippen LogP contribution in [0.4, 0.5) is 0 Å². The molecule has 0 bridgehead atoms. The highest BCUT2D eigenvalue weighted by Crippen LogP contribution is 2.34. The van der Waals surface area contributed by atoms with Crippen molar-refractivity contribution in [3.8, 4) is 0 Å². The monoisotopic (exact) mass is 316 g/mol. The average Bonchev–Trinajstić information content (AvgIpc) is 2.77. The summed E-state index contributed by atoms with van der Waals surface area (Å²) in [5, 5.41) is 0. The number of thiophene rings is 1. The molecule has 2 rings (SSSR count). The Morgan fingerprint density at radius 2 is 2.00 bits per heavy atom. The Hall–Kier alpha value is -0.430. The van der Waals surface area contributed by atoms with Gasteiger partial charge in [-0.05, 0) is 37.3 Å². The van der Waals surface area contributed by atoms with Crippen LogP contribution < -0.4 is 5.73 Å². The van der Waals surface area contributed by atoms with Crippen molar-refractivity contribution in [2.75, 3.05) is 6.54 Å². The number of hydrogen-bond donors (Lipinski definition) is 1. The zero-order valence-corrected chi connectivity index (χ0v) is 14.2. The molecule has 114 valence electrons. The van der Waals surface area contributed by atoms with Gasteiger partial charge in [0, 0.05) is 23.5 Å². The number of hydrogen-bond acceptors (Lipinski definition) is 4. The number of sulfonamides is 1. The second-order valence-electron chi connectivity index (χ2n) is 6.62. The standard InChI is InChI=1S/C14H24N2O2S2/c1-10-9-11(15)7-8-16(10)20(17,18)13-6-5-12(19-13)14(2,3)4/h5-6,10-11H,7-9,15H2,1-4H3/t10-,11+/m0/s1. The summed E-state index contributed by atoms with van der Waals surface area (Å²) in [5.41, 5.74) is 5.89. The molecule has 2 atom stereocenters. The van der Waals surface area contributed by atoms with Gasteiger partial charge in [0.15, 0.2) is 0 Å². The molecular formula is C14H24N2O2S2. The maximum absolute atomic E-state index is 12.7. The van der Waals surface area contributed by atoms with Crippen LogP contribution in [0.5, 0.6) is 0 Å². The van der Waals surface area contributed by atoms with Crippen molar-refractivity contribution in [3.63, 3.8) is 0 Å². The van der Waals surface area contributed by atoms with E-state index in [1.54, 1.807) is 10.4 Å². The van der Waals surface area contributed by atoms with Crippen molar-refractivity contribution in [2.24, 2.45) is 5.73 Å². The van der Waals surface area contributed by atoms with Gasteiger partial charge in [-0.15, -0.1) is 11.3 Å². The second kappa shape index (κ2) is 5.40. The van der Waals surface area contributed by atoms with Crippen molar-refractivity contribution >= 4 is 21.4 Å². The average molecular weight is 316 g/mol. The summed E-state index contributed by atoms with van der Waals surface area (Å²) >= 11 is 1.38. The molecule has 1 aromatic rings. The molecule has 1 fully saturated rings. The van der Waals surface area contributed by atoms with E-state index in [4.69, 9.17) is 5.73 Å². The van der Waals surface area contributed by atoms with Crippen molar-refractivity contribution < 1.29 is 8.42 Å². The first-order chi connectivity index (χ1) is 9.12. The smallest absolute Gasteiger partial charge is 0.252 e. The van der Waals surface area contributed by atoms with E-state index < -0.39 is 10.0 Å². The molecule has 1 saturated heterocycles. The van der Waals surface area contributed by atoms with Gasteiger partial charge in [-0.3, -0.25) is 0 Å².